The van der Waals surface area contributed by atoms with Crippen LogP contribution < -0.4 is 9.64 Å². The molecule has 4 aromatic rings. The Labute approximate surface area is 223 Å². The number of anilines is 1. The molecular formula is C27H27F3N8O. The van der Waals surface area contributed by atoms with E-state index in [2.05, 4.69) is 30.1 Å². The predicted molar refractivity (Wildman–Crippen MR) is 139 cm³/mol. The zero-order valence-electron chi connectivity index (χ0n) is 21.6. The van der Waals surface area contributed by atoms with E-state index in [1.807, 2.05) is 25.1 Å². The number of nitrogens with zero attached hydrogens (tertiary/aromatic N) is 8. The molecule has 0 unspecified atom stereocenters. The molecule has 5 rings (SSSR count). The molecule has 0 bridgehead atoms. The van der Waals surface area contributed by atoms with E-state index in [1.54, 1.807) is 19.3 Å². The lowest BCUT2D eigenvalue weighted by molar-refractivity contribution is -0.138. The van der Waals surface area contributed by atoms with Crippen LogP contribution in [0.4, 0.5) is 19.0 Å². The number of nitriles is 1. The molecule has 3 aromatic heterocycles. The summed E-state index contributed by atoms with van der Waals surface area (Å²) in [4.78, 5) is 13.2. The van der Waals surface area contributed by atoms with Crippen LogP contribution in [0.25, 0.3) is 22.3 Å². The van der Waals surface area contributed by atoms with Crippen LogP contribution in [0.5, 0.6) is 5.75 Å². The standard InChI is InChI=1S/C27H27F3N8O/c1-18-5-3-8-32-26(18)38-12-10-37(11-13-38)9-4-14-39-24-7-6-19(15-20(24)27(28,29)30)21-16-23-25(22(17-31)33-21)34-35-36(23)2/h3,5-8,15-16H,4,9-14H2,1-2H3. The summed E-state index contributed by atoms with van der Waals surface area (Å²) >= 11 is 0. The molecule has 1 aliphatic heterocycles. The van der Waals surface area contributed by atoms with Gasteiger partial charge in [-0.25, -0.2) is 14.6 Å². The maximum absolute atomic E-state index is 14.0. The Hall–Kier alpha value is -4.24. The highest BCUT2D eigenvalue weighted by Crippen LogP contribution is 2.39. The van der Waals surface area contributed by atoms with Crippen molar-refractivity contribution >= 4 is 16.9 Å². The van der Waals surface area contributed by atoms with Crippen molar-refractivity contribution in [2.75, 3.05) is 44.2 Å². The summed E-state index contributed by atoms with van der Waals surface area (Å²) in [5.74, 6) is 0.769. The fourth-order valence-electron chi connectivity index (χ4n) is 4.75. The number of aryl methyl sites for hydroxylation is 2. The number of piperazine rings is 1. The van der Waals surface area contributed by atoms with Crippen LogP contribution in [0, 0.1) is 18.3 Å². The first-order valence-electron chi connectivity index (χ1n) is 12.6. The third-order valence-corrected chi connectivity index (χ3v) is 6.82. The number of fused-ring (bicyclic) bond motifs is 1. The third-order valence-electron chi connectivity index (χ3n) is 6.82. The minimum atomic E-state index is -4.62. The number of aromatic nitrogens is 5. The van der Waals surface area contributed by atoms with Gasteiger partial charge in [0.25, 0.3) is 0 Å². The van der Waals surface area contributed by atoms with Gasteiger partial charge in [0.15, 0.2) is 5.69 Å². The molecule has 1 aromatic carbocycles. The Balaban J connectivity index is 1.23. The number of rotatable bonds is 7. The minimum absolute atomic E-state index is 0.000449. The van der Waals surface area contributed by atoms with Gasteiger partial charge in [-0.3, -0.25) is 4.90 Å². The molecule has 1 saturated heterocycles. The maximum Gasteiger partial charge on any atom is 0.419 e. The van der Waals surface area contributed by atoms with Gasteiger partial charge in [0, 0.05) is 51.5 Å². The number of hydrogen-bond acceptors (Lipinski definition) is 8. The fraction of sp³-hybridized carbons (Fsp3) is 0.370. The molecule has 12 heteroatoms. The zero-order valence-corrected chi connectivity index (χ0v) is 21.6. The molecule has 0 radical (unpaired) electrons. The molecule has 202 valence electrons. The van der Waals surface area contributed by atoms with Crippen molar-refractivity contribution in [3.63, 3.8) is 0 Å². The number of alkyl halides is 3. The largest absolute Gasteiger partial charge is 0.493 e. The smallest absolute Gasteiger partial charge is 0.419 e. The SMILES string of the molecule is Cc1cccnc1N1CCN(CCCOc2ccc(-c3cc4c(nnn4C)c(C#N)n3)cc2C(F)(F)F)CC1. The molecule has 0 N–H and O–H groups in total. The van der Waals surface area contributed by atoms with Crippen molar-refractivity contribution in [1.82, 2.24) is 29.9 Å². The quantitative estimate of drug-likeness (QED) is 0.324. The predicted octanol–water partition coefficient (Wildman–Crippen LogP) is 4.22. The van der Waals surface area contributed by atoms with Gasteiger partial charge in [0.1, 0.15) is 23.2 Å². The average Bonchev–Trinajstić information content (AvgIpc) is 3.31. The van der Waals surface area contributed by atoms with Crippen LogP contribution in [-0.4, -0.2) is 69.2 Å². The second-order valence-corrected chi connectivity index (χ2v) is 9.43. The van der Waals surface area contributed by atoms with Gasteiger partial charge in [-0.15, -0.1) is 5.10 Å². The van der Waals surface area contributed by atoms with Crippen LogP contribution in [0.2, 0.25) is 0 Å². The van der Waals surface area contributed by atoms with Crippen LogP contribution in [-0.2, 0) is 13.2 Å². The number of halogens is 3. The molecule has 9 nitrogen and oxygen atoms in total. The van der Waals surface area contributed by atoms with E-state index in [4.69, 9.17) is 4.74 Å². The minimum Gasteiger partial charge on any atom is -0.493 e. The third kappa shape index (κ3) is 5.63. The first-order chi connectivity index (χ1) is 18.7. The summed E-state index contributed by atoms with van der Waals surface area (Å²) in [7, 11) is 1.64. The van der Waals surface area contributed by atoms with Gasteiger partial charge in [-0.1, -0.05) is 11.3 Å². The van der Waals surface area contributed by atoms with Crippen molar-refractivity contribution in [2.45, 2.75) is 19.5 Å². The number of pyridine rings is 2. The summed E-state index contributed by atoms with van der Waals surface area (Å²) < 4.78 is 49.0. The zero-order chi connectivity index (χ0) is 27.6. The lowest BCUT2D eigenvalue weighted by atomic mass is 10.1. The molecule has 0 atom stereocenters. The van der Waals surface area contributed by atoms with Gasteiger partial charge in [0.05, 0.1) is 23.4 Å². The highest BCUT2D eigenvalue weighted by molar-refractivity contribution is 5.83. The first kappa shape index (κ1) is 26.4. The number of hydrogen-bond donors (Lipinski definition) is 0. The molecule has 4 heterocycles. The van der Waals surface area contributed by atoms with Crippen molar-refractivity contribution in [1.29, 1.82) is 5.26 Å². The topological polar surface area (TPSA) is 96.0 Å². The van der Waals surface area contributed by atoms with E-state index in [0.29, 0.717) is 17.5 Å². The fourth-order valence-corrected chi connectivity index (χ4v) is 4.75. The second-order valence-electron chi connectivity index (χ2n) is 9.43. The van der Waals surface area contributed by atoms with Gasteiger partial charge >= 0.3 is 6.18 Å². The number of benzene rings is 1. The van der Waals surface area contributed by atoms with Crippen LogP contribution >= 0.6 is 0 Å². The van der Waals surface area contributed by atoms with Gasteiger partial charge in [0.2, 0.25) is 0 Å². The van der Waals surface area contributed by atoms with Crippen molar-refractivity contribution in [3.05, 3.63) is 59.4 Å². The summed E-state index contributed by atoms with van der Waals surface area (Å²) in [6.45, 7) is 6.34. The second kappa shape index (κ2) is 10.9. The molecule has 0 amide bonds. The monoisotopic (exact) mass is 536 g/mol. The Morgan fingerprint density at radius 3 is 2.62 bits per heavy atom. The summed E-state index contributed by atoms with van der Waals surface area (Å²) in [6, 6.07) is 11.3. The van der Waals surface area contributed by atoms with E-state index in [9.17, 15) is 18.4 Å². The molecule has 0 spiro atoms. The molecule has 0 aliphatic carbocycles. The molecule has 1 aliphatic rings. The van der Waals surface area contributed by atoms with E-state index in [0.717, 1.165) is 50.2 Å². The summed E-state index contributed by atoms with van der Waals surface area (Å²) in [5.41, 5.74) is 1.50. The van der Waals surface area contributed by atoms with E-state index < -0.39 is 11.7 Å². The highest BCUT2D eigenvalue weighted by Gasteiger charge is 2.35. The lowest BCUT2D eigenvalue weighted by Crippen LogP contribution is -2.47. The highest BCUT2D eigenvalue weighted by atomic mass is 19.4. The van der Waals surface area contributed by atoms with Crippen LogP contribution in [0.15, 0.2) is 42.6 Å². The Bertz CT molecular complexity index is 1520. The maximum atomic E-state index is 14.0. The normalized spacial score (nSPS) is 14.5. The summed E-state index contributed by atoms with van der Waals surface area (Å²) in [6.07, 6.45) is -2.23. The van der Waals surface area contributed by atoms with Gasteiger partial charge in [-0.2, -0.15) is 18.4 Å². The molecule has 39 heavy (non-hydrogen) atoms. The molecule has 1 fully saturated rings. The van der Waals surface area contributed by atoms with Gasteiger partial charge < -0.3 is 9.64 Å². The average molecular weight is 537 g/mol. The Morgan fingerprint density at radius 1 is 1.10 bits per heavy atom. The lowest BCUT2D eigenvalue weighted by Gasteiger charge is -2.36. The molecular weight excluding hydrogens is 509 g/mol. The Kier molecular flexibility index (Phi) is 7.34. The first-order valence-corrected chi connectivity index (χ1v) is 12.6. The van der Waals surface area contributed by atoms with E-state index >= 15 is 0 Å². The van der Waals surface area contributed by atoms with Crippen LogP contribution in [0.3, 0.4) is 0 Å². The van der Waals surface area contributed by atoms with Gasteiger partial charge in [-0.05, 0) is 49.2 Å². The number of ether oxygens (including phenoxy) is 1. The Morgan fingerprint density at radius 2 is 1.90 bits per heavy atom. The molecule has 0 saturated carbocycles. The van der Waals surface area contributed by atoms with Crippen molar-refractivity contribution < 1.29 is 17.9 Å². The van der Waals surface area contributed by atoms with Crippen LogP contribution in [0.1, 0.15) is 23.2 Å². The summed E-state index contributed by atoms with van der Waals surface area (Å²) in [5, 5.41) is 17.2. The van der Waals surface area contributed by atoms with Crippen molar-refractivity contribution in [2.24, 2.45) is 7.05 Å². The van der Waals surface area contributed by atoms with Crippen molar-refractivity contribution in [3.8, 4) is 23.1 Å². The van der Waals surface area contributed by atoms with E-state index in [1.165, 1.54) is 16.8 Å². The van der Waals surface area contributed by atoms with E-state index in [-0.39, 0.29) is 29.3 Å².